The summed E-state index contributed by atoms with van der Waals surface area (Å²) in [5.41, 5.74) is 0.394. The van der Waals surface area contributed by atoms with Crippen molar-refractivity contribution in [3.63, 3.8) is 0 Å². The van der Waals surface area contributed by atoms with Gasteiger partial charge >= 0.3 is 0 Å². The van der Waals surface area contributed by atoms with Gasteiger partial charge in [-0.15, -0.1) is 0 Å². The van der Waals surface area contributed by atoms with Crippen LogP contribution in [0.4, 0.5) is 4.39 Å². The van der Waals surface area contributed by atoms with Gasteiger partial charge in [0.05, 0.1) is 4.90 Å². The number of sulfonamides is 1. The van der Waals surface area contributed by atoms with Crippen LogP contribution in [-0.2, 0) is 16.6 Å². The van der Waals surface area contributed by atoms with Gasteiger partial charge in [0.15, 0.2) is 0 Å². The van der Waals surface area contributed by atoms with E-state index in [-0.39, 0.29) is 23.3 Å². The first-order valence-corrected chi connectivity index (χ1v) is 9.23. The highest BCUT2D eigenvalue weighted by Crippen LogP contribution is 2.35. The molecule has 2 aromatic rings. The van der Waals surface area contributed by atoms with Gasteiger partial charge in [-0.05, 0) is 47.0 Å². The molecule has 0 bridgehead atoms. The van der Waals surface area contributed by atoms with Crippen molar-refractivity contribution in [3.05, 3.63) is 64.4 Å². The molecule has 1 aliphatic rings. The predicted molar refractivity (Wildman–Crippen MR) is 86.3 cm³/mol. The molecule has 0 radical (unpaired) electrons. The fourth-order valence-electron chi connectivity index (χ4n) is 2.35. The number of benzene rings is 2. The fourth-order valence-corrected chi connectivity index (χ4v) is 4.98. The molecule has 0 atom stereocenters. The SMILES string of the molecule is O=S(=O)(c1ccccc1Br)N(Cc1ccccc1F)C1CC1. The Morgan fingerprint density at radius 3 is 2.36 bits per heavy atom. The summed E-state index contributed by atoms with van der Waals surface area (Å²) < 4.78 is 41.7. The van der Waals surface area contributed by atoms with Crippen LogP contribution in [0.5, 0.6) is 0 Å². The van der Waals surface area contributed by atoms with E-state index < -0.39 is 10.0 Å². The van der Waals surface area contributed by atoms with Crippen LogP contribution in [0.2, 0.25) is 0 Å². The molecule has 0 N–H and O–H groups in total. The van der Waals surface area contributed by atoms with E-state index in [0.717, 1.165) is 12.8 Å². The topological polar surface area (TPSA) is 37.4 Å². The highest BCUT2D eigenvalue weighted by Gasteiger charge is 2.39. The second-order valence-corrected chi connectivity index (χ2v) is 8.02. The lowest BCUT2D eigenvalue weighted by Crippen LogP contribution is -2.33. The molecule has 2 aromatic carbocycles. The van der Waals surface area contributed by atoms with Gasteiger partial charge in [-0.1, -0.05) is 30.3 Å². The Labute approximate surface area is 137 Å². The molecule has 22 heavy (non-hydrogen) atoms. The van der Waals surface area contributed by atoms with Crippen LogP contribution in [0.1, 0.15) is 18.4 Å². The van der Waals surface area contributed by atoms with E-state index in [2.05, 4.69) is 15.9 Å². The zero-order valence-electron chi connectivity index (χ0n) is 11.7. The molecule has 6 heteroatoms. The number of nitrogens with zero attached hydrogens (tertiary/aromatic N) is 1. The van der Waals surface area contributed by atoms with Gasteiger partial charge in [-0.2, -0.15) is 4.31 Å². The summed E-state index contributed by atoms with van der Waals surface area (Å²) in [7, 11) is -3.66. The zero-order chi connectivity index (χ0) is 15.7. The van der Waals surface area contributed by atoms with Gasteiger partial charge in [-0.3, -0.25) is 0 Å². The van der Waals surface area contributed by atoms with Crippen molar-refractivity contribution in [1.82, 2.24) is 4.31 Å². The van der Waals surface area contributed by atoms with Gasteiger partial charge in [-0.25, -0.2) is 12.8 Å². The monoisotopic (exact) mass is 383 g/mol. The van der Waals surface area contributed by atoms with E-state index in [0.29, 0.717) is 10.0 Å². The molecule has 0 saturated heterocycles. The highest BCUT2D eigenvalue weighted by molar-refractivity contribution is 9.10. The summed E-state index contributed by atoms with van der Waals surface area (Å²) in [6.07, 6.45) is 1.64. The molecular formula is C16H15BrFNO2S. The quantitative estimate of drug-likeness (QED) is 0.783. The number of hydrogen-bond donors (Lipinski definition) is 0. The third kappa shape index (κ3) is 3.09. The van der Waals surface area contributed by atoms with E-state index >= 15 is 0 Å². The summed E-state index contributed by atoms with van der Waals surface area (Å²) in [4.78, 5) is 0.221. The Morgan fingerprint density at radius 1 is 1.09 bits per heavy atom. The van der Waals surface area contributed by atoms with Crippen LogP contribution < -0.4 is 0 Å². The number of rotatable bonds is 5. The second-order valence-electron chi connectivity index (χ2n) is 5.30. The zero-order valence-corrected chi connectivity index (χ0v) is 14.1. The first-order chi connectivity index (χ1) is 10.5. The minimum atomic E-state index is -3.66. The molecular weight excluding hydrogens is 369 g/mol. The first kappa shape index (κ1) is 15.6. The van der Waals surface area contributed by atoms with Crippen LogP contribution in [0.25, 0.3) is 0 Å². The molecule has 0 unspecified atom stereocenters. The van der Waals surface area contributed by atoms with Gasteiger partial charge in [0.25, 0.3) is 0 Å². The molecule has 1 aliphatic carbocycles. The number of halogens is 2. The molecule has 3 nitrogen and oxygen atoms in total. The van der Waals surface area contributed by atoms with E-state index in [1.165, 1.54) is 10.4 Å². The summed E-state index contributed by atoms with van der Waals surface area (Å²) in [5, 5.41) is 0. The number of hydrogen-bond acceptors (Lipinski definition) is 2. The molecule has 0 amide bonds. The Hall–Kier alpha value is -1.24. The molecule has 3 rings (SSSR count). The lowest BCUT2D eigenvalue weighted by atomic mass is 10.2. The molecule has 116 valence electrons. The summed E-state index contributed by atoms with van der Waals surface area (Å²) in [6, 6.07) is 13.0. The Balaban J connectivity index is 1.98. The third-order valence-electron chi connectivity index (χ3n) is 3.66. The molecule has 0 aliphatic heterocycles. The van der Waals surface area contributed by atoms with Crippen molar-refractivity contribution in [1.29, 1.82) is 0 Å². The summed E-state index contributed by atoms with van der Waals surface area (Å²) >= 11 is 3.29. The summed E-state index contributed by atoms with van der Waals surface area (Å²) in [5.74, 6) is -0.379. The maximum Gasteiger partial charge on any atom is 0.244 e. The van der Waals surface area contributed by atoms with Crippen LogP contribution >= 0.6 is 15.9 Å². The molecule has 1 fully saturated rings. The smallest absolute Gasteiger partial charge is 0.207 e. The van der Waals surface area contributed by atoms with Gasteiger partial charge in [0.2, 0.25) is 10.0 Å². The maximum atomic E-state index is 13.9. The standard InChI is InChI=1S/C16H15BrFNO2S/c17-14-6-2-4-8-16(14)22(20,21)19(13-9-10-13)11-12-5-1-3-7-15(12)18/h1-8,13H,9-11H2. The second kappa shape index (κ2) is 6.10. The van der Waals surface area contributed by atoms with Crippen molar-refractivity contribution < 1.29 is 12.8 Å². The average molecular weight is 384 g/mol. The normalized spacial score (nSPS) is 15.2. The first-order valence-electron chi connectivity index (χ1n) is 7.00. The van der Waals surface area contributed by atoms with E-state index in [9.17, 15) is 12.8 Å². The lowest BCUT2D eigenvalue weighted by Gasteiger charge is -2.23. The lowest BCUT2D eigenvalue weighted by molar-refractivity contribution is 0.391. The van der Waals surface area contributed by atoms with Gasteiger partial charge in [0.1, 0.15) is 5.82 Å². The molecule has 0 spiro atoms. The largest absolute Gasteiger partial charge is 0.244 e. The van der Waals surface area contributed by atoms with Crippen LogP contribution in [-0.4, -0.2) is 18.8 Å². The predicted octanol–water partition coefficient (Wildman–Crippen LogP) is 3.94. The van der Waals surface area contributed by atoms with Crippen molar-refractivity contribution in [2.45, 2.75) is 30.3 Å². The average Bonchev–Trinajstić information content (AvgIpc) is 3.31. The third-order valence-corrected chi connectivity index (χ3v) is 6.57. The maximum absolute atomic E-state index is 13.9. The molecule has 0 aromatic heterocycles. The van der Waals surface area contributed by atoms with Crippen molar-refractivity contribution >= 4 is 26.0 Å². The van der Waals surface area contributed by atoms with Crippen molar-refractivity contribution in [2.75, 3.05) is 0 Å². The van der Waals surface area contributed by atoms with Gasteiger partial charge < -0.3 is 0 Å². The van der Waals surface area contributed by atoms with E-state index in [4.69, 9.17) is 0 Å². The van der Waals surface area contributed by atoms with Crippen LogP contribution in [0, 0.1) is 5.82 Å². The molecule has 1 saturated carbocycles. The van der Waals surface area contributed by atoms with E-state index in [1.807, 2.05) is 0 Å². The van der Waals surface area contributed by atoms with Crippen LogP contribution in [0.3, 0.4) is 0 Å². The van der Waals surface area contributed by atoms with E-state index in [1.54, 1.807) is 42.5 Å². The Bertz CT molecular complexity index is 790. The Kier molecular flexibility index (Phi) is 4.34. The van der Waals surface area contributed by atoms with Gasteiger partial charge in [0, 0.05) is 22.6 Å². The van der Waals surface area contributed by atoms with Crippen LogP contribution in [0.15, 0.2) is 57.9 Å². The fraction of sp³-hybridized carbons (Fsp3) is 0.250. The van der Waals surface area contributed by atoms with Crippen molar-refractivity contribution in [3.8, 4) is 0 Å². The minimum Gasteiger partial charge on any atom is -0.207 e. The Morgan fingerprint density at radius 2 is 1.73 bits per heavy atom. The minimum absolute atomic E-state index is 0.0447. The highest BCUT2D eigenvalue weighted by atomic mass is 79.9. The summed E-state index contributed by atoms with van der Waals surface area (Å²) in [6.45, 7) is 0.0566. The molecule has 0 heterocycles. The van der Waals surface area contributed by atoms with Crippen molar-refractivity contribution in [2.24, 2.45) is 0 Å².